The maximum atomic E-state index is 13.1. The summed E-state index contributed by atoms with van der Waals surface area (Å²) >= 11 is 0. The van der Waals surface area contributed by atoms with E-state index in [2.05, 4.69) is 0 Å². The van der Waals surface area contributed by atoms with E-state index in [1.807, 2.05) is 0 Å². The third kappa shape index (κ3) is 1.26. The number of ether oxygens (including phenoxy) is 2. The van der Waals surface area contributed by atoms with Crippen molar-refractivity contribution in [1.29, 1.82) is 0 Å². The molecular weight excluding hydrogens is 189 g/mol. The smallest absolute Gasteiger partial charge is 0.231 e. The molecule has 1 heterocycles. The van der Waals surface area contributed by atoms with Crippen LogP contribution in [0, 0.1) is 5.82 Å². The van der Waals surface area contributed by atoms with Crippen molar-refractivity contribution >= 4 is 0 Å². The van der Waals surface area contributed by atoms with Gasteiger partial charge >= 0.3 is 0 Å². The predicted molar refractivity (Wildman–Crippen MR) is 46.9 cm³/mol. The van der Waals surface area contributed by atoms with E-state index in [1.165, 1.54) is 0 Å². The SMILES string of the molecule is NCCc1c(O)c(F)cc2c1OCO2. The van der Waals surface area contributed by atoms with Crippen LogP contribution in [0.15, 0.2) is 6.07 Å². The van der Waals surface area contributed by atoms with Crippen LogP contribution < -0.4 is 15.2 Å². The number of hydrogen-bond donors (Lipinski definition) is 2. The fraction of sp³-hybridized carbons (Fsp3) is 0.333. The molecule has 4 nitrogen and oxygen atoms in total. The Bertz CT molecular complexity index is 368. The summed E-state index contributed by atoms with van der Waals surface area (Å²) in [6.45, 7) is 0.364. The second-order valence-electron chi connectivity index (χ2n) is 2.96. The summed E-state index contributed by atoms with van der Waals surface area (Å²) in [5.41, 5.74) is 5.72. The molecule has 1 aliphatic rings. The molecule has 3 N–H and O–H groups in total. The molecule has 0 aromatic heterocycles. The van der Waals surface area contributed by atoms with Crippen LogP contribution in [0.25, 0.3) is 0 Å². The lowest BCUT2D eigenvalue weighted by Crippen LogP contribution is -2.04. The molecule has 14 heavy (non-hydrogen) atoms. The van der Waals surface area contributed by atoms with Crippen molar-refractivity contribution in [3.05, 3.63) is 17.4 Å². The van der Waals surface area contributed by atoms with Crippen LogP contribution >= 0.6 is 0 Å². The highest BCUT2D eigenvalue weighted by molar-refractivity contribution is 5.55. The van der Waals surface area contributed by atoms with Gasteiger partial charge in [0.25, 0.3) is 0 Å². The van der Waals surface area contributed by atoms with Crippen LogP contribution in [0.2, 0.25) is 0 Å². The van der Waals surface area contributed by atoms with Crippen LogP contribution in [0.3, 0.4) is 0 Å². The second-order valence-corrected chi connectivity index (χ2v) is 2.96. The minimum atomic E-state index is -0.710. The Morgan fingerprint density at radius 1 is 1.50 bits per heavy atom. The lowest BCUT2D eigenvalue weighted by atomic mass is 10.1. The lowest BCUT2D eigenvalue weighted by molar-refractivity contribution is 0.173. The standard InChI is InChI=1S/C9H10FNO3/c10-6-3-7-9(14-4-13-7)5(1-2-11)8(6)12/h3,12H,1-2,4,11H2. The van der Waals surface area contributed by atoms with Crippen molar-refractivity contribution in [2.75, 3.05) is 13.3 Å². The van der Waals surface area contributed by atoms with E-state index >= 15 is 0 Å². The maximum absolute atomic E-state index is 13.1. The summed E-state index contributed by atoms with van der Waals surface area (Å²) < 4.78 is 23.3. The van der Waals surface area contributed by atoms with Crippen LogP contribution in [-0.4, -0.2) is 18.4 Å². The van der Waals surface area contributed by atoms with Crippen molar-refractivity contribution < 1.29 is 19.0 Å². The van der Waals surface area contributed by atoms with Crippen LogP contribution in [-0.2, 0) is 6.42 Å². The zero-order valence-electron chi connectivity index (χ0n) is 7.42. The van der Waals surface area contributed by atoms with Crippen molar-refractivity contribution in [1.82, 2.24) is 0 Å². The number of phenols is 1. The Balaban J connectivity index is 2.54. The minimum absolute atomic E-state index is 0.0514. The Morgan fingerprint density at radius 2 is 2.29 bits per heavy atom. The van der Waals surface area contributed by atoms with Gasteiger partial charge in [0.05, 0.1) is 0 Å². The lowest BCUT2D eigenvalue weighted by Gasteiger charge is -2.07. The molecule has 0 atom stereocenters. The Hall–Kier alpha value is -1.49. The first-order valence-electron chi connectivity index (χ1n) is 4.24. The first-order chi connectivity index (χ1) is 6.74. The van der Waals surface area contributed by atoms with E-state index in [-0.39, 0.29) is 6.79 Å². The molecule has 76 valence electrons. The zero-order chi connectivity index (χ0) is 10.1. The van der Waals surface area contributed by atoms with Crippen molar-refractivity contribution in [3.8, 4) is 17.2 Å². The number of hydrogen-bond acceptors (Lipinski definition) is 4. The van der Waals surface area contributed by atoms with E-state index < -0.39 is 11.6 Å². The Morgan fingerprint density at radius 3 is 3.00 bits per heavy atom. The molecular formula is C9H10FNO3. The summed E-state index contributed by atoms with van der Waals surface area (Å²) in [5, 5.41) is 9.43. The molecule has 0 amide bonds. The van der Waals surface area contributed by atoms with E-state index in [0.717, 1.165) is 6.07 Å². The topological polar surface area (TPSA) is 64.7 Å². The van der Waals surface area contributed by atoms with Crippen molar-refractivity contribution in [2.45, 2.75) is 6.42 Å². The molecule has 0 radical (unpaired) electrons. The van der Waals surface area contributed by atoms with Crippen molar-refractivity contribution in [2.24, 2.45) is 5.73 Å². The predicted octanol–water partition coefficient (Wildman–Crippen LogP) is 0.761. The number of rotatable bonds is 2. The van der Waals surface area contributed by atoms with Gasteiger partial charge in [-0.1, -0.05) is 0 Å². The molecule has 0 aliphatic carbocycles. The number of phenolic OH excluding ortho intramolecular Hbond substituents is 1. The van der Waals surface area contributed by atoms with Gasteiger partial charge in [0.2, 0.25) is 6.79 Å². The highest BCUT2D eigenvalue weighted by Gasteiger charge is 2.23. The summed E-state index contributed by atoms with van der Waals surface area (Å²) in [7, 11) is 0. The van der Waals surface area contributed by atoms with E-state index in [4.69, 9.17) is 15.2 Å². The van der Waals surface area contributed by atoms with Crippen LogP contribution in [0.5, 0.6) is 17.2 Å². The number of benzene rings is 1. The number of halogens is 1. The molecule has 0 fully saturated rings. The molecule has 0 saturated heterocycles. The highest BCUT2D eigenvalue weighted by atomic mass is 19.1. The minimum Gasteiger partial charge on any atom is -0.505 e. The Labute approximate surface area is 80.0 Å². The van der Waals surface area contributed by atoms with Gasteiger partial charge in [-0.05, 0) is 13.0 Å². The van der Waals surface area contributed by atoms with E-state index in [1.54, 1.807) is 0 Å². The first kappa shape index (κ1) is 9.08. The van der Waals surface area contributed by atoms with Crippen molar-refractivity contribution in [3.63, 3.8) is 0 Å². The van der Waals surface area contributed by atoms with Gasteiger partial charge in [0.15, 0.2) is 23.1 Å². The summed E-state index contributed by atoms with van der Waals surface area (Å²) in [6, 6.07) is 1.11. The third-order valence-corrected chi connectivity index (χ3v) is 2.08. The molecule has 0 unspecified atom stereocenters. The largest absolute Gasteiger partial charge is 0.505 e. The fourth-order valence-electron chi connectivity index (χ4n) is 1.44. The van der Waals surface area contributed by atoms with Gasteiger partial charge in [-0.25, -0.2) is 4.39 Å². The highest BCUT2D eigenvalue weighted by Crippen LogP contribution is 2.42. The van der Waals surface area contributed by atoms with E-state index in [9.17, 15) is 9.50 Å². The van der Waals surface area contributed by atoms with Gasteiger partial charge in [-0.15, -0.1) is 0 Å². The molecule has 0 saturated carbocycles. The molecule has 5 heteroatoms. The quantitative estimate of drug-likeness (QED) is 0.738. The number of fused-ring (bicyclic) bond motifs is 1. The zero-order valence-corrected chi connectivity index (χ0v) is 7.42. The van der Waals surface area contributed by atoms with Gasteiger partial charge in [0.1, 0.15) is 0 Å². The molecule has 1 aromatic carbocycles. The number of nitrogens with two attached hydrogens (primary N) is 1. The first-order valence-corrected chi connectivity index (χ1v) is 4.24. The van der Waals surface area contributed by atoms with Crippen LogP contribution in [0.1, 0.15) is 5.56 Å². The molecule has 1 aliphatic heterocycles. The van der Waals surface area contributed by atoms with Gasteiger partial charge in [-0.3, -0.25) is 0 Å². The normalized spacial score (nSPS) is 13.3. The van der Waals surface area contributed by atoms with Gasteiger partial charge < -0.3 is 20.3 Å². The summed E-state index contributed by atoms with van der Waals surface area (Å²) in [5.74, 6) is -0.393. The molecule has 0 bridgehead atoms. The summed E-state index contributed by atoms with van der Waals surface area (Å²) in [6.07, 6.45) is 0.356. The van der Waals surface area contributed by atoms with Crippen LogP contribution in [0.4, 0.5) is 4.39 Å². The Kier molecular flexibility index (Phi) is 2.17. The molecule has 2 rings (SSSR count). The molecule has 1 aromatic rings. The third-order valence-electron chi connectivity index (χ3n) is 2.08. The second kappa shape index (κ2) is 3.34. The summed E-state index contributed by atoms with van der Waals surface area (Å²) in [4.78, 5) is 0. The van der Waals surface area contributed by atoms with Gasteiger partial charge in [-0.2, -0.15) is 0 Å². The molecule has 0 spiro atoms. The van der Waals surface area contributed by atoms with E-state index in [0.29, 0.717) is 30.0 Å². The number of aromatic hydroxyl groups is 1. The monoisotopic (exact) mass is 199 g/mol. The maximum Gasteiger partial charge on any atom is 0.231 e. The average molecular weight is 199 g/mol. The fourth-order valence-corrected chi connectivity index (χ4v) is 1.44. The average Bonchev–Trinajstić information content (AvgIpc) is 2.60. The van der Waals surface area contributed by atoms with Gasteiger partial charge in [0, 0.05) is 11.6 Å².